The van der Waals surface area contributed by atoms with Crippen molar-refractivity contribution >= 4 is 43.6 Å². The van der Waals surface area contributed by atoms with Crippen molar-refractivity contribution in [1.29, 1.82) is 0 Å². The third-order valence-corrected chi connectivity index (χ3v) is 12.4. The normalized spacial score (nSPS) is 13.1. The van der Waals surface area contributed by atoms with Gasteiger partial charge in [-0.25, -0.2) is 4.98 Å². The number of para-hydroxylation sites is 3. The molecular weight excluding hydrogens is 719 g/mol. The molecule has 0 saturated carbocycles. The van der Waals surface area contributed by atoms with Gasteiger partial charge in [0.1, 0.15) is 0 Å². The number of hydrogen-bond donors (Lipinski definition) is 0. The third kappa shape index (κ3) is 5.01. The summed E-state index contributed by atoms with van der Waals surface area (Å²) >= 11 is 0. The molecule has 0 amide bonds. The van der Waals surface area contributed by atoms with Gasteiger partial charge in [0.15, 0.2) is 11.6 Å². The van der Waals surface area contributed by atoms with Crippen molar-refractivity contribution in [3.63, 3.8) is 0 Å². The minimum absolute atomic E-state index is 0.128. The van der Waals surface area contributed by atoms with Crippen LogP contribution in [0.25, 0.3) is 100 Å². The maximum Gasteiger partial charge on any atom is 0.238 e. The zero-order valence-corrected chi connectivity index (χ0v) is 32.6. The van der Waals surface area contributed by atoms with E-state index in [2.05, 4.69) is 205 Å². The fourth-order valence-corrected chi connectivity index (χ4v) is 9.67. The third-order valence-electron chi connectivity index (χ3n) is 12.4. The van der Waals surface area contributed by atoms with Crippen LogP contribution < -0.4 is 0 Å². The molecule has 0 N–H and O–H groups in total. The zero-order chi connectivity index (χ0) is 39.2. The number of hydrogen-bond acceptors (Lipinski definition) is 3. The largest absolute Gasteiger partial charge is 0.309 e. The molecule has 0 spiro atoms. The lowest BCUT2D eigenvalue weighted by molar-refractivity contribution is 0.666. The van der Waals surface area contributed by atoms with Gasteiger partial charge in [-0.15, -0.1) is 0 Å². The van der Waals surface area contributed by atoms with Gasteiger partial charge in [-0.05, 0) is 81.9 Å². The van der Waals surface area contributed by atoms with E-state index in [-0.39, 0.29) is 5.41 Å². The van der Waals surface area contributed by atoms with E-state index >= 15 is 0 Å². The maximum absolute atomic E-state index is 5.24. The molecule has 0 atom stereocenters. The van der Waals surface area contributed by atoms with Crippen LogP contribution in [0.15, 0.2) is 188 Å². The summed E-state index contributed by atoms with van der Waals surface area (Å²) in [5, 5.41) is 4.90. The molecule has 0 fully saturated rings. The summed E-state index contributed by atoms with van der Waals surface area (Å²) in [6, 6.07) is 66.9. The highest BCUT2D eigenvalue weighted by molar-refractivity contribution is 6.14. The Hall–Kier alpha value is -7.63. The molecule has 8 aromatic carbocycles. The zero-order valence-electron chi connectivity index (χ0n) is 32.6. The molecule has 0 radical (unpaired) electrons. The second-order valence-electron chi connectivity index (χ2n) is 16.0. The van der Waals surface area contributed by atoms with Gasteiger partial charge in [0.25, 0.3) is 0 Å². The van der Waals surface area contributed by atoms with Gasteiger partial charge in [0.2, 0.25) is 5.95 Å². The Balaban J connectivity index is 1.02. The van der Waals surface area contributed by atoms with Crippen molar-refractivity contribution in [2.45, 2.75) is 19.3 Å². The van der Waals surface area contributed by atoms with E-state index in [9.17, 15) is 0 Å². The quantitative estimate of drug-likeness (QED) is 0.176. The predicted octanol–water partition coefficient (Wildman–Crippen LogP) is 13.4. The summed E-state index contributed by atoms with van der Waals surface area (Å²) in [4.78, 5) is 15.6. The molecule has 5 nitrogen and oxygen atoms in total. The lowest BCUT2D eigenvalue weighted by Gasteiger charge is -2.22. The molecule has 12 rings (SSSR count). The minimum Gasteiger partial charge on any atom is -0.309 e. The smallest absolute Gasteiger partial charge is 0.238 e. The molecule has 3 aromatic heterocycles. The Morgan fingerprint density at radius 1 is 0.373 bits per heavy atom. The first-order valence-corrected chi connectivity index (χ1v) is 20.2. The van der Waals surface area contributed by atoms with Crippen molar-refractivity contribution in [3.05, 3.63) is 199 Å². The Morgan fingerprint density at radius 2 is 0.881 bits per heavy atom. The second kappa shape index (κ2) is 12.7. The average molecular weight is 756 g/mol. The van der Waals surface area contributed by atoms with Gasteiger partial charge in [0.05, 0.1) is 22.1 Å². The molecule has 59 heavy (non-hydrogen) atoms. The number of rotatable bonds is 5. The van der Waals surface area contributed by atoms with Crippen LogP contribution in [0.1, 0.15) is 25.0 Å². The van der Waals surface area contributed by atoms with E-state index in [1.54, 1.807) is 0 Å². The molecule has 1 aliphatic rings. The molecule has 0 aliphatic heterocycles. The second-order valence-corrected chi connectivity index (χ2v) is 16.0. The molecule has 3 heterocycles. The van der Waals surface area contributed by atoms with Crippen LogP contribution in [0.5, 0.6) is 0 Å². The molecule has 278 valence electrons. The summed E-state index contributed by atoms with van der Waals surface area (Å²) in [6.07, 6.45) is 0. The maximum atomic E-state index is 5.24. The van der Waals surface area contributed by atoms with Crippen LogP contribution >= 0.6 is 0 Å². The van der Waals surface area contributed by atoms with Crippen molar-refractivity contribution in [3.8, 4) is 56.7 Å². The lowest BCUT2D eigenvalue weighted by atomic mass is 9.80. The van der Waals surface area contributed by atoms with Crippen LogP contribution in [-0.2, 0) is 5.41 Å². The van der Waals surface area contributed by atoms with Gasteiger partial charge in [-0.3, -0.25) is 4.57 Å². The highest BCUT2D eigenvalue weighted by Crippen LogP contribution is 2.53. The van der Waals surface area contributed by atoms with E-state index in [0.717, 1.165) is 44.2 Å². The van der Waals surface area contributed by atoms with E-state index < -0.39 is 0 Å². The summed E-state index contributed by atoms with van der Waals surface area (Å²) in [6.45, 7) is 4.73. The number of nitrogens with zero attached hydrogens (tertiary/aromatic N) is 5. The Bertz CT molecular complexity index is 3390. The highest BCUT2D eigenvalue weighted by atomic mass is 15.2. The van der Waals surface area contributed by atoms with Crippen LogP contribution in [0.4, 0.5) is 0 Å². The number of fused-ring (bicyclic) bond motifs is 10. The first kappa shape index (κ1) is 33.5. The van der Waals surface area contributed by atoms with E-state index in [1.807, 2.05) is 6.07 Å². The lowest BCUT2D eigenvalue weighted by Crippen LogP contribution is -2.15. The molecule has 11 aromatic rings. The van der Waals surface area contributed by atoms with Crippen molar-refractivity contribution < 1.29 is 0 Å². The monoisotopic (exact) mass is 755 g/mol. The van der Waals surface area contributed by atoms with Gasteiger partial charge in [-0.1, -0.05) is 153 Å². The average Bonchev–Trinajstić information content (AvgIpc) is 3.90. The molecule has 5 heteroatoms. The molecule has 1 aliphatic carbocycles. The van der Waals surface area contributed by atoms with E-state index in [1.165, 1.54) is 49.6 Å². The van der Waals surface area contributed by atoms with Gasteiger partial charge in [0, 0.05) is 43.8 Å². The summed E-state index contributed by atoms with van der Waals surface area (Å²) in [5.74, 6) is 1.82. The summed E-state index contributed by atoms with van der Waals surface area (Å²) < 4.78 is 4.58. The summed E-state index contributed by atoms with van der Waals surface area (Å²) in [5.41, 5.74) is 15.0. The van der Waals surface area contributed by atoms with E-state index in [0.29, 0.717) is 17.6 Å². The van der Waals surface area contributed by atoms with Crippen LogP contribution in [-0.4, -0.2) is 24.1 Å². The van der Waals surface area contributed by atoms with Crippen LogP contribution in [0.3, 0.4) is 0 Å². The van der Waals surface area contributed by atoms with Gasteiger partial charge in [-0.2, -0.15) is 9.97 Å². The fraction of sp³-hybridized carbons (Fsp3) is 0.0556. The van der Waals surface area contributed by atoms with Crippen LogP contribution in [0, 0.1) is 0 Å². The SMILES string of the molecule is CC1(C)c2ccccc2-c2ccc3c(c21)c1ccccc1n3-c1ccc(-c2nc(-c3ccc(-c4ccccc4)cc3)nc(-n3c4ccccc4c4ccccc43)n2)cc1. The van der Waals surface area contributed by atoms with Gasteiger partial charge >= 0.3 is 0 Å². The minimum atomic E-state index is -0.128. The Labute approximate surface area is 341 Å². The first-order valence-electron chi connectivity index (χ1n) is 20.2. The number of aromatic nitrogens is 5. The van der Waals surface area contributed by atoms with Crippen LogP contribution in [0.2, 0.25) is 0 Å². The standard InChI is InChI=1S/C54H37N5/c1-54(2)44-20-10-6-16-39(44)42-32-33-48-49(50(42)54)43-19-9-13-23-47(43)58(48)38-30-28-37(29-31-38)52-55-51(36-26-24-35(25-27-36)34-14-4-3-5-15-34)56-53(57-52)59-45-21-11-7-17-40(45)41-18-8-12-22-46(41)59/h3-33H,1-2H3. The van der Waals surface area contributed by atoms with E-state index in [4.69, 9.17) is 15.0 Å². The summed E-state index contributed by atoms with van der Waals surface area (Å²) in [7, 11) is 0. The topological polar surface area (TPSA) is 48.5 Å². The van der Waals surface area contributed by atoms with Crippen molar-refractivity contribution in [2.75, 3.05) is 0 Å². The molecule has 0 saturated heterocycles. The molecular formula is C54H37N5. The molecule has 0 bridgehead atoms. The fourth-order valence-electron chi connectivity index (χ4n) is 9.67. The van der Waals surface area contributed by atoms with Crippen molar-refractivity contribution in [2.24, 2.45) is 0 Å². The Kier molecular flexibility index (Phi) is 7.20. The predicted molar refractivity (Wildman–Crippen MR) is 242 cm³/mol. The Morgan fingerprint density at radius 3 is 1.54 bits per heavy atom. The first-order chi connectivity index (χ1) is 29.0. The van der Waals surface area contributed by atoms with Crippen molar-refractivity contribution in [1.82, 2.24) is 24.1 Å². The number of benzene rings is 8. The molecule has 0 unspecified atom stereocenters. The van der Waals surface area contributed by atoms with Gasteiger partial charge < -0.3 is 4.57 Å². The highest BCUT2D eigenvalue weighted by Gasteiger charge is 2.38.